The van der Waals surface area contributed by atoms with Gasteiger partial charge in [-0.2, -0.15) is 0 Å². The van der Waals surface area contributed by atoms with E-state index >= 15 is 0 Å². The van der Waals surface area contributed by atoms with Crippen LogP contribution in [0, 0.1) is 5.92 Å². The fourth-order valence-corrected chi connectivity index (χ4v) is 5.70. The molecule has 0 bridgehead atoms. The van der Waals surface area contributed by atoms with Gasteiger partial charge in [-0.1, -0.05) is 79.2 Å². The smallest absolute Gasteiger partial charge is 0.246 e. The normalized spacial score (nSPS) is 20.9. The lowest BCUT2D eigenvalue weighted by molar-refractivity contribution is -0.134. The molecule has 36 heavy (non-hydrogen) atoms. The molecule has 0 saturated heterocycles. The van der Waals surface area contributed by atoms with Crippen molar-refractivity contribution in [3.63, 3.8) is 0 Å². The van der Waals surface area contributed by atoms with Crippen LogP contribution in [0.1, 0.15) is 37.3 Å². The Morgan fingerprint density at radius 3 is 2.14 bits per heavy atom. The molecule has 3 aromatic rings. The molecule has 3 atom stereocenters. The SMILES string of the molecule is CC(=O)N(CC(=O)N1c2ccccc2N(Cc2ccccc2)C(O)C2CCCC21)Cc1ccccc1. The van der Waals surface area contributed by atoms with Crippen LogP contribution in [0.3, 0.4) is 0 Å². The number of rotatable bonds is 6. The molecular weight excluding hydrogens is 450 g/mol. The van der Waals surface area contributed by atoms with E-state index < -0.39 is 6.23 Å². The topological polar surface area (TPSA) is 64.1 Å². The standard InChI is InChI=1S/C30H33N3O3/c1-22(34)31(19-23-11-4-2-5-12-23)21-29(35)33-26-18-10-15-25(26)30(36)32(20-24-13-6-3-7-14-24)27-16-8-9-17-28(27)33/h2-9,11-14,16-17,25-26,30,36H,10,15,18-21H2,1H3. The summed E-state index contributed by atoms with van der Waals surface area (Å²) in [5.74, 6) is -0.312. The van der Waals surface area contributed by atoms with Gasteiger partial charge in [0.2, 0.25) is 11.8 Å². The van der Waals surface area contributed by atoms with E-state index in [0.717, 1.165) is 41.8 Å². The third-order valence-electron chi connectivity index (χ3n) is 7.47. The fourth-order valence-electron chi connectivity index (χ4n) is 5.70. The Bertz CT molecular complexity index is 1200. The van der Waals surface area contributed by atoms with Gasteiger partial charge < -0.3 is 19.8 Å². The van der Waals surface area contributed by atoms with Crippen LogP contribution in [-0.4, -0.2) is 40.6 Å². The van der Waals surface area contributed by atoms with Crippen molar-refractivity contribution < 1.29 is 14.7 Å². The fraction of sp³-hybridized carbons (Fsp3) is 0.333. The van der Waals surface area contributed by atoms with Gasteiger partial charge in [0, 0.05) is 32.0 Å². The first-order valence-corrected chi connectivity index (χ1v) is 12.7. The van der Waals surface area contributed by atoms with Crippen molar-refractivity contribution in [2.45, 2.75) is 51.5 Å². The van der Waals surface area contributed by atoms with Gasteiger partial charge in [-0.05, 0) is 36.1 Å². The zero-order chi connectivity index (χ0) is 25.1. The van der Waals surface area contributed by atoms with Crippen LogP contribution in [0.4, 0.5) is 11.4 Å². The summed E-state index contributed by atoms with van der Waals surface area (Å²) in [6, 6.07) is 27.6. The van der Waals surface area contributed by atoms with E-state index in [0.29, 0.717) is 13.1 Å². The first-order valence-electron chi connectivity index (χ1n) is 12.7. The molecule has 2 aliphatic rings. The summed E-state index contributed by atoms with van der Waals surface area (Å²) in [5, 5.41) is 11.6. The molecule has 0 spiro atoms. The van der Waals surface area contributed by atoms with E-state index in [1.54, 1.807) is 4.90 Å². The maximum absolute atomic E-state index is 14.0. The van der Waals surface area contributed by atoms with Crippen molar-refractivity contribution in [2.75, 3.05) is 16.3 Å². The van der Waals surface area contributed by atoms with E-state index in [2.05, 4.69) is 12.1 Å². The van der Waals surface area contributed by atoms with Gasteiger partial charge >= 0.3 is 0 Å². The van der Waals surface area contributed by atoms with Crippen molar-refractivity contribution in [3.05, 3.63) is 96.1 Å². The highest BCUT2D eigenvalue weighted by atomic mass is 16.3. The van der Waals surface area contributed by atoms with E-state index in [1.165, 1.54) is 6.92 Å². The summed E-state index contributed by atoms with van der Waals surface area (Å²) >= 11 is 0. The van der Waals surface area contributed by atoms with Gasteiger partial charge in [-0.25, -0.2) is 0 Å². The lowest BCUT2D eigenvalue weighted by atomic mass is 9.99. The molecule has 3 unspecified atom stereocenters. The Labute approximate surface area is 212 Å². The molecule has 1 aliphatic heterocycles. The molecule has 0 aromatic heterocycles. The molecule has 1 heterocycles. The van der Waals surface area contributed by atoms with Gasteiger partial charge in [0.05, 0.1) is 11.4 Å². The number of amides is 2. The van der Waals surface area contributed by atoms with Gasteiger partial charge in [0.25, 0.3) is 0 Å². The maximum atomic E-state index is 14.0. The number of aliphatic hydroxyl groups is 1. The number of hydrogen-bond acceptors (Lipinski definition) is 4. The molecule has 186 valence electrons. The highest BCUT2D eigenvalue weighted by Crippen LogP contribution is 2.45. The number of fused-ring (bicyclic) bond motifs is 2. The minimum absolute atomic E-state index is 0.00341. The summed E-state index contributed by atoms with van der Waals surface area (Å²) in [7, 11) is 0. The molecule has 5 rings (SSSR count). The Morgan fingerprint density at radius 2 is 1.47 bits per heavy atom. The second kappa shape index (κ2) is 10.5. The molecule has 1 aliphatic carbocycles. The number of carbonyl (C=O) groups is 2. The van der Waals surface area contributed by atoms with Gasteiger partial charge in [-0.15, -0.1) is 0 Å². The van der Waals surface area contributed by atoms with Crippen molar-refractivity contribution in [3.8, 4) is 0 Å². The highest BCUT2D eigenvalue weighted by Gasteiger charge is 2.45. The van der Waals surface area contributed by atoms with Crippen molar-refractivity contribution >= 4 is 23.2 Å². The number of benzene rings is 3. The molecule has 1 saturated carbocycles. The average molecular weight is 484 g/mol. The minimum Gasteiger partial charge on any atom is -0.373 e. The molecule has 1 fully saturated rings. The highest BCUT2D eigenvalue weighted by molar-refractivity contribution is 6.00. The predicted octanol–water partition coefficient (Wildman–Crippen LogP) is 4.58. The molecular formula is C30H33N3O3. The molecule has 2 amide bonds. The average Bonchev–Trinajstić information content (AvgIpc) is 3.34. The first-order chi connectivity index (χ1) is 17.5. The number of para-hydroxylation sites is 2. The molecule has 6 heteroatoms. The van der Waals surface area contributed by atoms with Gasteiger partial charge in [-0.3, -0.25) is 9.59 Å². The molecule has 1 N–H and O–H groups in total. The van der Waals surface area contributed by atoms with Gasteiger partial charge in [0.15, 0.2) is 0 Å². The van der Waals surface area contributed by atoms with Crippen LogP contribution in [-0.2, 0) is 22.7 Å². The Kier molecular flexibility index (Phi) is 7.05. The van der Waals surface area contributed by atoms with Crippen molar-refractivity contribution in [2.24, 2.45) is 5.92 Å². The minimum atomic E-state index is -0.704. The number of carbonyl (C=O) groups excluding carboxylic acids is 2. The summed E-state index contributed by atoms with van der Waals surface area (Å²) < 4.78 is 0. The van der Waals surface area contributed by atoms with Crippen molar-refractivity contribution in [1.29, 1.82) is 0 Å². The third-order valence-corrected chi connectivity index (χ3v) is 7.47. The Hall–Kier alpha value is -3.64. The number of anilines is 2. The molecule has 3 aromatic carbocycles. The summed E-state index contributed by atoms with van der Waals surface area (Å²) in [6.07, 6.45) is 1.94. The second-order valence-corrected chi connectivity index (χ2v) is 9.80. The number of nitrogens with zero attached hydrogens (tertiary/aromatic N) is 3. The van der Waals surface area contributed by atoms with Crippen LogP contribution in [0.25, 0.3) is 0 Å². The van der Waals surface area contributed by atoms with E-state index in [1.807, 2.05) is 82.6 Å². The first kappa shape index (κ1) is 24.1. The van der Waals surface area contributed by atoms with Crippen LogP contribution in [0.15, 0.2) is 84.9 Å². The van der Waals surface area contributed by atoms with E-state index in [-0.39, 0.29) is 30.3 Å². The molecule has 6 nitrogen and oxygen atoms in total. The van der Waals surface area contributed by atoms with Crippen LogP contribution < -0.4 is 9.80 Å². The van der Waals surface area contributed by atoms with Gasteiger partial charge in [0.1, 0.15) is 12.8 Å². The second-order valence-electron chi connectivity index (χ2n) is 9.80. The monoisotopic (exact) mass is 483 g/mol. The van der Waals surface area contributed by atoms with E-state index in [9.17, 15) is 14.7 Å². The van der Waals surface area contributed by atoms with Crippen molar-refractivity contribution in [1.82, 2.24) is 4.90 Å². The quantitative estimate of drug-likeness (QED) is 0.558. The molecule has 0 radical (unpaired) electrons. The third kappa shape index (κ3) is 4.86. The zero-order valence-corrected chi connectivity index (χ0v) is 20.7. The predicted molar refractivity (Wildman–Crippen MR) is 141 cm³/mol. The summed E-state index contributed by atoms with van der Waals surface area (Å²) in [5.41, 5.74) is 3.73. The largest absolute Gasteiger partial charge is 0.373 e. The maximum Gasteiger partial charge on any atom is 0.246 e. The van der Waals surface area contributed by atoms with E-state index in [4.69, 9.17) is 0 Å². The number of hydrogen-bond donors (Lipinski definition) is 1. The Balaban J connectivity index is 1.49. The zero-order valence-electron chi connectivity index (χ0n) is 20.7. The van der Waals surface area contributed by atoms with Crippen LogP contribution in [0.2, 0.25) is 0 Å². The van der Waals surface area contributed by atoms with Crippen LogP contribution >= 0.6 is 0 Å². The number of aliphatic hydroxyl groups excluding tert-OH is 1. The summed E-state index contributed by atoms with van der Waals surface area (Å²) in [4.78, 5) is 32.0. The van der Waals surface area contributed by atoms with Crippen LogP contribution in [0.5, 0.6) is 0 Å². The summed E-state index contributed by atoms with van der Waals surface area (Å²) in [6.45, 7) is 2.44. The lowest BCUT2D eigenvalue weighted by Gasteiger charge is -2.34. The lowest BCUT2D eigenvalue weighted by Crippen LogP contribution is -2.50. The Morgan fingerprint density at radius 1 is 0.861 bits per heavy atom.